The van der Waals surface area contributed by atoms with E-state index in [4.69, 9.17) is 0 Å². The van der Waals surface area contributed by atoms with Crippen molar-refractivity contribution in [2.45, 2.75) is 26.7 Å². The standard InChI is InChI=1S/C13H18N2O2/c1-13(2)4-6-15(9-11(13)16)12(17)7-10-3-5-14-8-10/h3,5,8,14H,4,6-7,9H2,1-2H3. The second-order valence-electron chi connectivity index (χ2n) is 5.27. The van der Waals surface area contributed by atoms with Gasteiger partial charge in [-0.15, -0.1) is 0 Å². The van der Waals surface area contributed by atoms with E-state index in [1.165, 1.54) is 0 Å². The summed E-state index contributed by atoms with van der Waals surface area (Å²) in [6.07, 6.45) is 4.74. The van der Waals surface area contributed by atoms with Gasteiger partial charge in [0.15, 0.2) is 5.78 Å². The highest BCUT2D eigenvalue weighted by Gasteiger charge is 2.35. The predicted octanol–water partition coefficient (Wildman–Crippen LogP) is 1.38. The van der Waals surface area contributed by atoms with Crippen LogP contribution in [0.2, 0.25) is 0 Å². The molecular formula is C13H18N2O2. The molecule has 0 unspecified atom stereocenters. The van der Waals surface area contributed by atoms with E-state index in [9.17, 15) is 9.59 Å². The molecule has 2 rings (SSSR count). The lowest BCUT2D eigenvalue weighted by Crippen LogP contribution is -2.48. The van der Waals surface area contributed by atoms with Gasteiger partial charge in [-0.05, 0) is 18.1 Å². The van der Waals surface area contributed by atoms with E-state index < -0.39 is 0 Å². The molecule has 0 bridgehead atoms. The molecule has 2 heterocycles. The van der Waals surface area contributed by atoms with E-state index in [0.717, 1.165) is 12.0 Å². The third-order valence-corrected chi connectivity index (χ3v) is 3.47. The Kier molecular flexibility index (Phi) is 3.05. The largest absolute Gasteiger partial charge is 0.367 e. The highest BCUT2D eigenvalue weighted by Crippen LogP contribution is 2.26. The van der Waals surface area contributed by atoms with E-state index in [-0.39, 0.29) is 23.7 Å². The molecule has 1 amide bonds. The van der Waals surface area contributed by atoms with E-state index in [2.05, 4.69) is 4.98 Å². The Balaban J connectivity index is 1.96. The van der Waals surface area contributed by atoms with Crippen LogP contribution in [-0.4, -0.2) is 34.7 Å². The fourth-order valence-corrected chi connectivity index (χ4v) is 1.99. The quantitative estimate of drug-likeness (QED) is 0.840. The second-order valence-corrected chi connectivity index (χ2v) is 5.27. The summed E-state index contributed by atoms with van der Waals surface area (Å²) in [5.74, 6) is 0.194. The number of likely N-dealkylation sites (tertiary alicyclic amines) is 1. The zero-order valence-electron chi connectivity index (χ0n) is 10.3. The maximum absolute atomic E-state index is 12.0. The molecule has 1 aromatic heterocycles. The minimum absolute atomic E-state index is 0.0356. The SMILES string of the molecule is CC1(C)CCN(C(=O)Cc2cc[nH]c2)CC1=O. The van der Waals surface area contributed by atoms with Crippen LogP contribution in [0.1, 0.15) is 25.8 Å². The molecule has 0 radical (unpaired) electrons. The summed E-state index contributed by atoms with van der Waals surface area (Å²) in [4.78, 5) is 28.4. The number of H-pyrrole nitrogens is 1. The average Bonchev–Trinajstić information content (AvgIpc) is 2.74. The number of nitrogens with one attached hydrogen (secondary N) is 1. The second kappa shape index (κ2) is 4.35. The van der Waals surface area contributed by atoms with Crippen molar-refractivity contribution in [3.05, 3.63) is 24.0 Å². The smallest absolute Gasteiger partial charge is 0.227 e. The first-order valence-electron chi connectivity index (χ1n) is 5.92. The van der Waals surface area contributed by atoms with Gasteiger partial charge in [-0.2, -0.15) is 0 Å². The van der Waals surface area contributed by atoms with Gasteiger partial charge in [-0.3, -0.25) is 9.59 Å². The van der Waals surface area contributed by atoms with E-state index in [1.807, 2.05) is 26.1 Å². The summed E-state index contributed by atoms with van der Waals surface area (Å²) in [6.45, 7) is 4.84. The fourth-order valence-electron chi connectivity index (χ4n) is 1.99. The van der Waals surface area contributed by atoms with Crippen LogP contribution < -0.4 is 0 Å². The molecule has 4 heteroatoms. The monoisotopic (exact) mass is 234 g/mol. The predicted molar refractivity (Wildman–Crippen MR) is 64.5 cm³/mol. The molecule has 1 N–H and O–H groups in total. The third-order valence-electron chi connectivity index (χ3n) is 3.47. The topological polar surface area (TPSA) is 53.2 Å². The number of nitrogens with zero attached hydrogens (tertiary/aromatic N) is 1. The van der Waals surface area contributed by atoms with Gasteiger partial charge in [0, 0.05) is 24.4 Å². The van der Waals surface area contributed by atoms with Crippen LogP contribution in [0.4, 0.5) is 0 Å². The van der Waals surface area contributed by atoms with Crippen LogP contribution in [0.3, 0.4) is 0 Å². The van der Waals surface area contributed by atoms with Gasteiger partial charge in [0.1, 0.15) is 0 Å². The summed E-state index contributed by atoms with van der Waals surface area (Å²) in [5.41, 5.74) is 0.692. The van der Waals surface area contributed by atoms with Gasteiger partial charge in [0.05, 0.1) is 13.0 Å². The highest BCUT2D eigenvalue weighted by atomic mass is 16.2. The van der Waals surface area contributed by atoms with Gasteiger partial charge in [0.2, 0.25) is 5.91 Å². The lowest BCUT2D eigenvalue weighted by Gasteiger charge is -2.35. The van der Waals surface area contributed by atoms with Crippen molar-refractivity contribution in [2.75, 3.05) is 13.1 Å². The normalized spacial score (nSPS) is 19.4. The molecule has 1 saturated heterocycles. The number of piperidine rings is 1. The Morgan fingerprint density at radius 2 is 2.29 bits per heavy atom. The van der Waals surface area contributed by atoms with Crippen LogP contribution >= 0.6 is 0 Å². The Bertz CT molecular complexity index is 421. The van der Waals surface area contributed by atoms with Crippen LogP contribution in [0.25, 0.3) is 0 Å². The molecule has 1 fully saturated rings. The van der Waals surface area contributed by atoms with Crippen molar-refractivity contribution in [3.8, 4) is 0 Å². The third kappa shape index (κ3) is 2.57. The van der Waals surface area contributed by atoms with Crippen molar-refractivity contribution < 1.29 is 9.59 Å². The molecule has 17 heavy (non-hydrogen) atoms. The zero-order chi connectivity index (χ0) is 12.5. The van der Waals surface area contributed by atoms with Crippen molar-refractivity contribution in [1.82, 2.24) is 9.88 Å². The van der Waals surface area contributed by atoms with Gasteiger partial charge in [-0.1, -0.05) is 13.8 Å². The van der Waals surface area contributed by atoms with E-state index in [0.29, 0.717) is 13.0 Å². The number of carbonyl (C=O) groups excluding carboxylic acids is 2. The first-order valence-corrected chi connectivity index (χ1v) is 5.92. The summed E-state index contributed by atoms with van der Waals surface area (Å²) in [6, 6.07) is 1.88. The van der Waals surface area contributed by atoms with Crippen LogP contribution in [0.5, 0.6) is 0 Å². The van der Waals surface area contributed by atoms with Gasteiger partial charge < -0.3 is 9.88 Å². The summed E-state index contributed by atoms with van der Waals surface area (Å²) < 4.78 is 0. The number of aromatic nitrogens is 1. The maximum atomic E-state index is 12.0. The van der Waals surface area contributed by atoms with Crippen molar-refractivity contribution in [3.63, 3.8) is 0 Å². The maximum Gasteiger partial charge on any atom is 0.227 e. The number of Topliss-reactive ketones (excluding diaryl/α,β-unsaturated/α-hetero) is 1. The number of aromatic amines is 1. The number of rotatable bonds is 2. The zero-order valence-corrected chi connectivity index (χ0v) is 10.3. The summed E-state index contributed by atoms with van der Waals surface area (Å²) in [5, 5.41) is 0. The Morgan fingerprint density at radius 3 is 2.88 bits per heavy atom. The average molecular weight is 234 g/mol. The lowest BCUT2D eigenvalue weighted by atomic mass is 9.81. The summed E-state index contributed by atoms with van der Waals surface area (Å²) in [7, 11) is 0. The van der Waals surface area contributed by atoms with Crippen LogP contribution in [0, 0.1) is 5.41 Å². The Labute approximate surface area is 101 Å². The molecule has 92 valence electrons. The molecule has 0 spiro atoms. The molecule has 0 aliphatic carbocycles. The molecule has 1 aliphatic heterocycles. The number of amides is 1. The molecule has 1 aromatic rings. The van der Waals surface area contributed by atoms with Gasteiger partial charge in [-0.25, -0.2) is 0 Å². The fraction of sp³-hybridized carbons (Fsp3) is 0.538. The first kappa shape index (κ1) is 11.9. The Hall–Kier alpha value is -1.58. The first-order chi connectivity index (χ1) is 7.99. The molecule has 4 nitrogen and oxygen atoms in total. The van der Waals surface area contributed by atoms with E-state index in [1.54, 1.807) is 11.1 Å². The van der Waals surface area contributed by atoms with Gasteiger partial charge >= 0.3 is 0 Å². The summed E-state index contributed by atoms with van der Waals surface area (Å²) >= 11 is 0. The highest BCUT2D eigenvalue weighted by molar-refractivity contribution is 5.91. The molecule has 0 aromatic carbocycles. The lowest BCUT2D eigenvalue weighted by molar-refractivity contribution is -0.142. The van der Waals surface area contributed by atoms with E-state index >= 15 is 0 Å². The van der Waals surface area contributed by atoms with Crippen molar-refractivity contribution >= 4 is 11.7 Å². The Morgan fingerprint density at radius 1 is 1.53 bits per heavy atom. The molecule has 0 atom stereocenters. The molecule has 1 aliphatic rings. The number of hydrogen-bond acceptors (Lipinski definition) is 2. The number of ketones is 1. The van der Waals surface area contributed by atoms with Crippen LogP contribution in [0.15, 0.2) is 18.5 Å². The number of hydrogen-bond donors (Lipinski definition) is 1. The minimum Gasteiger partial charge on any atom is -0.367 e. The van der Waals surface area contributed by atoms with Crippen molar-refractivity contribution in [1.29, 1.82) is 0 Å². The molecular weight excluding hydrogens is 216 g/mol. The number of carbonyl (C=O) groups is 2. The van der Waals surface area contributed by atoms with Crippen molar-refractivity contribution in [2.24, 2.45) is 5.41 Å². The van der Waals surface area contributed by atoms with Crippen LogP contribution in [-0.2, 0) is 16.0 Å². The minimum atomic E-state index is -0.273. The van der Waals surface area contributed by atoms with Gasteiger partial charge in [0.25, 0.3) is 0 Å². The molecule has 0 saturated carbocycles.